The van der Waals surface area contributed by atoms with Gasteiger partial charge >= 0.3 is 6.36 Å². The molecule has 2 aromatic rings. The van der Waals surface area contributed by atoms with Gasteiger partial charge in [0.1, 0.15) is 11.6 Å². The molecule has 0 saturated carbocycles. The molecule has 12 heteroatoms. The summed E-state index contributed by atoms with van der Waals surface area (Å²) in [5.74, 6) is -2.97. The lowest BCUT2D eigenvalue weighted by Gasteiger charge is -2.39. The van der Waals surface area contributed by atoms with Gasteiger partial charge in [-0.3, -0.25) is 15.0 Å². The van der Waals surface area contributed by atoms with Gasteiger partial charge in [0.05, 0.1) is 6.61 Å². The highest BCUT2D eigenvalue weighted by Gasteiger charge is 2.52. The fourth-order valence-electron chi connectivity index (χ4n) is 3.32. The minimum Gasteiger partial charge on any atom is -0.406 e. The number of morpholine rings is 1. The predicted molar refractivity (Wildman–Crippen MR) is 106 cm³/mol. The number of halogens is 3. The van der Waals surface area contributed by atoms with Crippen molar-refractivity contribution in [1.82, 2.24) is 0 Å². The van der Waals surface area contributed by atoms with Crippen LogP contribution in [0.1, 0.15) is 11.1 Å². The minimum absolute atomic E-state index is 0.0452. The number of primary amides is 1. The van der Waals surface area contributed by atoms with E-state index in [4.69, 9.17) is 21.6 Å². The number of aliphatic hydroxyl groups is 1. The second-order valence-corrected chi connectivity index (χ2v) is 6.91. The molecule has 0 radical (unpaired) electrons. The summed E-state index contributed by atoms with van der Waals surface area (Å²) in [7, 11) is 0. The number of carbonyl (C=O) groups excluding carboxylic acids is 2. The number of nitrogen functional groups attached to an aromatic ring is 1. The molecule has 6 N–H and O–H groups in total. The number of anilines is 1. The number of nitrogens with zero attached hydrogens (tertiary/aromatic N) is 1. The Labute approximate surface area is 179 Å². The lowest BCUT2D eigenvalue weighted by atomic mass is 9.85. The van der Waals surface area contributed by atoms with Crippen LogP contribution in [0.2, 0.25) is 0 Å². The van der Waals surface area contributed by atoms with Gasteiger partial charge in [-0.2, -0.15) is 0 Å². The normalized spacial score (nSPS) is 18.7. The summed E-state index contributed by atoms with van der Waals surface area (Å²) in [6, 6.07) is 9.95. The van der Waals surface area contributed by atoms with Crippen LogP contribution in [-0.4, -0.2) is 48.4 Å². The van der Waals surface area contributed by atoms with Crippen LogP contribution in [-0.2, 0) is 19.9 Å². The fraction of sp³-hybridized carbons (Fsp3) is 0.250. The van der Waals surface area contributed by atoms with Crippen LogP contribution in [0, 0.1) is 5.41 Å². The first-order valence-corrected chi connectivity index (χ1v) is 9.19. The van der Waals surface area contributed by atoms with Gasteiger partial charge < -0.3 is 30.9 Å². The van der Waals surface area contributed by atoms with Crippen LogP contribution in [0.3, 0.4) is 0 Å². The Morgan fingerprint density at radius 2 is 1.84 bits per heavy atom. The second-order valence-electron chi connectivity index (χ2n) is 6.91. The van der Waals surface area contributed by atoms with Crippen molar-refractivity contribution in [2.45, 2.75) is 18.1 Å². The first-order chi connectivity index (χ1) is 14.9. The predicted octanol–water partition coefficient (Wildman–Crippen LogP) is 0.974. The van der Waals surface area contributed by atoms with Crippen molar-refractivity contribution in [1.29, 1.82) is 5.41 Å². The summed E-state index contributed by atoms with van der Waals surface area (Å²) < 4.78 is 46.9. The molecule has 0 bridgehead atoms. The molecular formula is C20H19F3N4O5. The number of benzene rings is 2. The largest absolute Gasteiger partial charge is 0.573 e. The molecule has 2 atom stereocenters. The van der Waals surface area contributed by atoms with Gasteiger partial charge in [-0.15, -0.1) is 13.2 Å². The van der Waals surface area contributed by atoms with Gasteiger partial charge in [0.25, 0.3) is 11.8 Å². The molecular weight excluding hydrogens is 433 g/mol. The van der Waals surface area contributed by atoms with E-state index < -0.39 is 35.6 Å². The summed E-state index contributed by atoms with van der Waals surface area (Å²) >= 11 is 0. The average Bonchev–Trinajstić information content (AvgIpc) is 2.72. The number of ether oxygens (including phenoxy) is 2. The van der Waals surface area contributed by atoms with Gasteiger partial charge in [0.15, 0.2) is 6.10 Å². The Morgan fingerprint density at radius 1 is 1.19 bits per heavy atom. The highest BCUT2D eigenvalue weighted by molar-refractivity contribution is 6.03. The quantitative estimate of drug-likeness (QED) is 0.379. The summed E-state index contributed by atoms with van der Waals surface area (Å²) in [5, 5.41) is 18.6. The van der Waals surface area contributed by atoms with E-state index >= 15 is 0 Å². The molecule has 2 aromatic carbocycles. The standard InChI is InChI=1S/C20H19F3N4O5/c21-20(22,23)32-14-3-1-2-13(10-14)27-8-9-31-15(17(27)28)19(30,18(26)29)12-6-4-11(5-7-12)16(24)25/h1-7,10,15,30H,8-9H2,(H3,24,25)(H2,26,29)/t15-,19-/m0/s1. The molecule has 0 unspecified atom stereocenters. The summed E-state index contributed by atoms with van der Waals surface area (Å²) in [5.41, 5.74) is 8.49. The van der Waals surface area contributed by atoms with E-state index in [-0.39, 0.29) is 30.2 Å². The number of carbonyl (C=O) groups is 2. The van der Waals surface area contributed by atoms with E-state index in [1.54, 1.807) is 0 Å². The van der Waals surface area contributed by atoms with Crippen LogP contribution in [0.15, 0.2) is 48.5 Å². The number of alkyl halides is 3. The number of hydrogen-bond donors (Lipinski definition) is 4. The zero-order valence-electron chi connectivity index (χ0n) is 16.4. The number of amidine groups is 1. The topological polar surface area (TPSA) is 152 Å². The smallest absolute Gasteiger partial charge is 0.406 e. The third-order valence-electron chi connectivity index (χ3n) is 4.84. The van der Waals surface area contributed by atoms with E-state index in [9.17, 15) is 27.9 Å². The molecule has 170 valence electrons. The maximum atomic E-state index is 13.1. The number of rotatable bonds is 6. The van der Waals surface area contributed by atoms with Gasteiger partial charge in [-0.05, 0) is 17.7 Å². The molecule has 0 spiro atoms. The van der Waals surface area contributed by atoms with Crippen LogP contribution in [0.5, 0.6) is 5.75 Å². The molecule has 0 aromatic heterocycles. The Bertz CT molecular complexity index is 1040. The average molecular weight is 452 g/mol. The number of hydrogen-bond acceptors (Lipinski definition) is 6. The van der Waals surface area contributed by atoms with Crippen molar-refractivity contribution >= 4 is 23.3 Å². The Balaban J connectivity index is 1.95. The van der Waals surface area contributed by atoms with Crippen molar-refractivity contribution in [3.63, 3.8) is 0 Å². The van der Waals surface area contributed by atoms with Gasteiger partial charge in [-0.1, -0.05) is 30.3 Å². The van der Waals surface area contributed by atoms with Crippen LogP contribution < -0.4 is 21.1 Å². The molecule has 0 aliphatic carbocycles. The number of nitrogens with one attached hydrogen (secondary N) is 1. The van der Waals surface area contributed by atoms with Crippen LogP contribution in [0.4, 0.5) is 18.9 Å². The molecule has 2 amide bonds. The van der Waals surface area contributed by atoms with Crippen molar-refractivity contribution < 1.29 is 37.3 Å². The van der Waals surface area contributed by atoms with Crippen molar-refractivity contribution in [2.75, 3.05) is 18.1 Å². The van der Waals surface area contributed by atoms with E-state index in [2.05, 4.69) is 4.74 Å². The Kier molecular flexibility index (Phi) is 6.10. The molecule has 1 saturated heterocycles. The Morgan fingerprint density at radius 3 is 2.41 bits per heavy atom. The van der Waals surface area contributed by atoms with Gasteiger partial charge in [-0.25, -0.2) is 0 Å². The first kappa shape index (κ1) is 23.0. The van der Waals surface area contributed by atoms with Crippen molar-refractivity contribution in [3.05, 3.63) is 59.7 Å². The monoisotopic (exact) mass is 452 g/mol. The van der Waals surface area contributed by atoms with E-state index in [1.807, 2.05) is 0 Å². The molecule has 1 fully saturated rings. The molecule has 3 rings (SSSR count). The maximum absolute atomic E-state index is 13.1. The van der Waals surface area contributed by atoms with Gasteiger partial charge in [0, 0.05) is 23.9 Å². The highest BCUT2D eigenvalue weighted by atomic mass is 19.4. The number of nitrogens with two attached hydrogens (primary N) is 2. The zero-order chi connectivity index (χ0) is 23.7. The van der Waals surface area contributed by atoms with E-state index in [1.165, 1.54) is 36.4 Å². The zero-order valence-corrected chi connectivity index (χ0v) is 16.4. The molecule has 32 heavy (non-hydrogen) atoms. The van der Waals surface area contributed by atoms with Crippen molar-refractivity contribution in [2.24, 2.45) is 11.5 Å². The lowest BCUT2D eigenvalue weighted by molar-refractivity contribution is -0.274. The molecule has 1 aliphatic heterocycles. The highest BCUT2D eigenvalue weighted by Crippen LogP contribution is 2.33. The minimum atomic E-state index is -4.92. The fourth-order valence-corrected chi connectivity index (χ4v) is 3.32. The van der Waals surface area contributed by atoms with Crippen LogP contribution >= 0.6 is 0 Å². The van der Waals surface area contributed by atoms with E-state index in [0.717, 1.165) is 17.0 Å². The maximum Gasteiger partial charge on any atom is 0.573 e. The summed E-state index contributed by atoms with van der Waals surface area (Å²) in [4.78, 5) is 26.5. The lowest BCUT2D eigenvalue weighted by Crippen LogP contribution is -2.61. The molecule has 1 heterocycles. The first-order valence-electron chi connectivity index (χ1n) is 9.19. The second kappa shape index (κ2) is 8.48. The van der Waals surface area contributed by atoms with Crippen molar-refractivity contribution in [3.8, 4) is 5.75 Å². The van der Waals surface area contributed by atoms with E-state index in [0.29, 0.717) is 5.56 Å². The molecule has 9 nitrogen and oxygen atoms in total. The third-order valence-corrected chi connectivity index (χ3v) is 4.84. The number of amides is 2. The Hall–Kier alpha value is -3.64. The molecule has 1 aliphatic rings. The van der Waals surface area contributed by atoms with Gasteiger partial charge in [0.2, 0.25) is 5.60 Å². The van der Waals surface area contributed by atoms with Crippen LogP contribution in [0.25, 0.3) is 0 Å². The SMILES string of the molecule is N=C(N)c1ccc([C@@](O)(C(N)=O)[C@H]2OCCN(c3cccc(OC(F)(F)F)c3)C2=O)cc1. The third kappa shape index (κ3) is 4.50. The summed E-state index contributed by atoms with van der Waals surface area (Å²) in [6.07, 6.45) is -6.70. The summed E-state index contributed by atoms with van der Waals surface area (Å²) in [6.45, 7) is -0.190.